The molecule has 0 bridgehead atoms. The van der Waals surface area contributed by atoms with Crippen LogP contribution in [0, 0.1) is 18.1 Å². The van der Waals surface area contributed by atoms with Crippen molar-refractivity contribution >= 4 is 16.8 Å². The summed E-state index contributed by atoms with van der Waals surface area (Å²) in [7, 11) is 1.63. The molecule has 1 saturated heterocycles. The van der Waals surface area contributed by atoms with E-state index in [1.165, 1.54) is 10.6 Å². The first kappa shape index (κ1) is 21.9. The van der Waals surface area contributed by atoms with Crippen LogP contribution in [0.2, 0.25) is 0 Å². The number of piperidine rings is 1. The molecule has 1 aliphatic rings. The SMILES string of the molecule is Cn1cc(-c2cc(C(=O)N3CC[CH]CC3)ccc2Oc2ccc(F)cc2F)c2cc[nH]c2c1=O. The van der Waals surface area contributed by atoms with Crippen LogP contribution >= 0.6 is 0 Å². The van der Waals surface area contributed by atoms with Gasteiger partial charge in [-0.15, -0.1) is 0 Å². The number of hydrogen-bond acceptors (Lipinski definition) is 3. The summed E-state index contributed by atoms with van der Waals surface area (Å²) in [4.78, 5) is 30.5. The molecule has 1 fully saturated rings. The number of aromatic amines is 1. The summed E-state index contributed by atoms with van der Waals surface area (Å²) in [5, 5.41) is 0.643. The molecule has 1 N–H and O–H groups in total. The maximum Gasteiger partial charge on any atom is 0.274 e. The highest BCUT2D eigenvalue weighted by molar-refractivity contribution is 6.00. The number of hydrogen-bond donors (Lipinski definition) is 1. The minimum atomic E-state index is -0.845. The molecule has 1 radical (unpaired) electrons. The van der Waals surface area contributed by atoms with Crippen molar-refractivity contribution in [3.8, 4) is 22.6 Å². The van der Waals surface area contributed by atoms with Gasteiger partial charge in [0.1, 0.15) is 17.1 Å². The summed E-state index contributed by atoms with van der Waals surface area (Å²) in [6, 6.07) is 9.77. The Morgan fingerprint density at radius 2 is 1.76 bits per heavy atom. The van der Waals surface area contributed by atoms with Crippen LogP contribution in [0.5, 0.6) is 11.5 Å². The number of benzene rings is 2. The Labute approximate surface area is 194 Å². The Bertz CT molecular complexity index is 1450. The second kappa shape index (κ2) is 8.78. The number of fused-ring (bicyclic) bond motifs is 1. The molecule has 34 heavy (non-hydrogen) atoms. The maximum atomic E-state index is 14.4. The molecule has 1 aliphatic heterocycles. The van der Waals surface area contributed by atoms with E-state index in [1.54, 1.807) is 48.6 Å². The van der Waals surface area contributed by atoms with Gasteiger partial charge in [0, 0.05) is 60.7 Å². The molecule has 4 aromatic rings. The molecule has 0 unspecified atom stereocenters. The first-order chi connectivity index (χ1) is 16.4. The van der Waals surface area contributed by atoms with Gasteiger partial charge in [-0.2, -0.15) is 0 Å². The normalized spacial score (nSPS) is 13.9. The second-order valence-corrected chi connectivity index (χ2v) is 8.27. The quantitative estimate of drug-likeness (QED) is 0.462. The van der Waals surface area contributed by atoms with Gasteiger partial charge in [-0.05, 0) is 55.7 Å². The molecule has 0 spiro atoms. The average Bonchev–Trinajstić information content (AvgIpc) is 3.34. The molecule has 5 rings (SSSR count). The smallest absolute Gasteiger partial charge is 0.274 e. The Kier molecular flexibility index (Phi) is 5.65. The number of likely N-dealkylation sites (tertiary alicyclic amines) is 1. The first-order valence-corrected chi connectivity index (χ1v) is 11.0. The summed E-state index contributed by atoms with van der Waals surface area (Å²) < 4.78 is 35.0. The Morgan fingerprint density at radius 1 is 1.00 bits per heavy atom. The summed E-state index contributed by atoms with van der Waals surface area (Å²) in [6.45, 7) is 1.30. The van der Waals surface area contributed by atoms with Gasteiger partial charge in [0.05, 0.1) is 0 Å². The number of aryl methyl sites for hydroxylation is 1. The van der Waals surface area contributed by atoms with Crippen LogP contribution in [0.15, 0.2) is 59.7 Å². The Balaban J connectivity index is 1.66. The zero-order chi connectivity index (χ0) is 23.8. The zero-order valence-electron chi connectivity index (χ0n) is 18.5. The topological polar surface area (TPSA) is 67.3 Å². The number of amides is 1. The first-order valence-electron chi connectivity index (χ1n) is 11.0. The summed E-state index contributed by atoms with van der Waals surface area (Å²) in [6.07, 6.45) is 7.17. The van der Waals surface area contributed by atoms with Crippen molar-refractivity contribution in [2.75, 3.05) is 13.1 Å². The molecule has 2 aromatic heterocycles. The van der Waals surface area contributed by atoms with Crippen LogP contribution in [0.4, 0.5) is 8.78 Å². The van der Waals surface area contributed by atoms with Crippen LogP contribution in [0.25, 0.3) is 22.0 Å². The van der Waals surface area contributed by atoms with Gasteiger partial charge in [0.2, 0.25) is 0 Å². The third-order valence-electron chi connectivity index (χ3n) is 6.02. The van der Waals surface area contributed by atoms with E-state index >= 15 is 0 Å². The summed E-state index contributed by atoms with van der Waals surface area (Å²) in [5.41, 5.74) is 1.81. The van der Waals surface area contributed by atoms with Crippen molar-refractivity contribution in [3.63, 3.8) is 0 Å². The van der Waals surface area contributed by atoms with Gasteiger partial charge in [0.15, 0.2) is 11.6 Å². The van der Waals surface area contributed by atoms with Crippen LogP contribution in [0.3, 0.4) is 0 Å². The minimum absolute atomic E-state index is 0.107. The molecule has 8 heteroatoms. The second-order valence-electron chi connectivity index (χ2n) is 8.27. The van der Waals surface area contributed by atoms with Crippen molar-refractivity contribution in [2.24, 2.45) is 7.05 Å². The standard InChI is InChI=1S/C26H22F2N3O3/c1-30-15-20(18-9-10-29-24(18)26(30)33)19-13-16(25(32)31-11-3-2-4-12-31)5-7-22(19)34-23-8-6-17(27)14-21(23)28/h2,5-10,13-15,29H,3-4,11-12H2,1H3. The van der Waals surface area contributed by atoms with E-state index in [0.717, 1.165) is 25.0 Å². The fourth-order valence-electron chi connectivity index (χ4n) is 4.26. The third kappa shape index (κ3) is 3.96. The highest BCUT2D eigenvalue weighted by atomic mass is 19.1. The summed E-state index contributed by atoms with van der Waals surface area (Å²) in [5.74, 6) is -1.54. The molecule has 0 saturated carbocycles. The van der Waals surface area contributed by atoms with Crippen LogP contribution in [0.1, 0.15) is 23.2 Å². The number of carbonyl (C=O) groups is 1. The number of nitrogens with zero attached hydrogens (tertiary/aromatic N) is 2. The predicted octanol–water partition coefficient (Wildman–Crippen LogP) is 5.04. The number of nitrogens with one attached hydrogen (secondary N) is 1. The van der Waals surface area contributed by atoms with Crippen LogP contribution in [-0.4, -0.2) is 33.4 Å². The van der Waals surface area contributed by atoms with Crippen molar-refractivity contribution < 1.29 is 18.3 Å². The number of ether oxygens (including phenoxy) is 1. The fraction of sp³-hybridized carbons (Fsp3) is 0.192. The van der Waals surface area contributed by atoms with E-state index in [2.05, 4.69) is 11.4 Å². The summed E-state index contributed by atoms with van der Waals surface area (Å²) >= 11 is 0. The zero-order valence-corrected chi connectivity index (χ0v) is 18.5. The van der Waals surface area contributed by atoms with E-state index in [0.29, 0.717) is 40.7 Å². The fourth-order valence-corrected chi connectivity index (χ4v) is 4.26. The highest BCUT2D eigenvalue weighted by Gasteiger charge is 2.22. The van der Waals surface area contributed by atoms with Crippen molar-refractivity contribution in [1.29, 1.82) is 0 Å². The van der Waals surface area contributed by atoms with Gasteiger partial charge in [-0.3, -0.25) is 9.59 Å². The van der Waals surface area contributed by atoms with Crippen LogP contribution in [-0.2, 0) is 7.05 Å². The molecule has 0 aliphatic carbocycles. The lowest BCUT2D eigenvalue weighted by Gasteiger charge is -2.27. The monoisotopic (exact) mass is 462 g/mol. The van der Waals surface area contributed by atoms with E-state index in [1.807, 2.05) is 0 Å². The lowest BCUT2D eigenvalue weighted by atomic mass is 9.99. The number of H-pyrrole nitrogens is 1. The van der Waals surface area contributed by atoms with Gasteiger partial charge in [-0.25, -0.2) is 8.78 Å². The van der Waals surface area contributed by atoms with E-state index in [-0.39, 0.29) is 23.0 Å². The molecule has 3 heterocycles. The van der Waals surface area contributed by atoms with Crippen molar-refractivity contribution in [2.45, 2.75) is 12.8 Å². The lowest BCUT2D eigenvalue weighted by Crippen LogP contribution is -2.35. The Morgan fingerprint density at radius 3 is 2.53 bits per heavy atom. The van der Waals surface area contributed by atoms with Gasteiger partial charge >= 0.3 is 0 Å². The van der Waals surface area contributed by atoms with Gasteiger partial charge < -0.3 is 19.2 Å². The average molecular weight is 462 g/mol. The van der Waals surface area contributed by atoms with E-state index in [9.17, 15) is 18.4 Å². The molecule has 2 aromatic carbocycles. The van der Waals surface area contributed by atoms with Gasteiger partial charge in [-0.1, -0.05) is 0 Å². The molecule has 173 valence electrons. The number of aromatic nitrogens is 2. The lowest BCUT2D eigenvalue weighted by molar-refractivity contribution is 0.0742. The Hall–Kier alpha value is -3.94. The number of rotatable bonds is 4. The van der Waals surface area contributed by atoms with E-state index < -0.39 is 11.6 Å². The van der Waals surface area contributed by atoms with Crippen molar-refractivity contribution in [3.05, 3.63) is 88.8 Å². The van der Waals surface area contributed by atoms with Crippen LogP contribution < -0.4 is 10.3 Å². The number of carbonyl (C=O) groups excluding carboxylic acids is 1. The number of pyridine rings is 1. The molecular formula is C26H22F2N3O3. The van der Waals surface area contributed by atoms with Crippen molar-refractivity contribution in [1.82, 2.24) is 14.5 Å². The minimum Gasteiger partial charge on any atom is -0.454 e. The largest absolute Gasteiger partial charge is 0.454 e. The third-order valence-corrected chi connectivity index (χ3v) is 6.02. The molecular weight excluding hydrogens is 440 g/mol. The van der Waals surface area contributed by atoms with Gasteiger partial charge in [0.25, 0.3) is 11.5 Å². The molecule has 6 nitrogen and oxygen atoms in total. The highest BCUT2D eigenvalue weighted by Crippen LogP contribution is 2.38. The molecule has 0 atom stereocenters. The maximum absolute atomic E-state index is 14.4. The number of halogens is 2. The van der Waals surface area contributed by atoms with E-state index in [4.69, 9.17) is 4.74 Å². The predicted molar refractivity (Wildman–Crippen MR) is 125 cm³/mol. The molecule has 1 amide bonds.